The van der Waals surface area contributed by atoms with Crippen molar-refractivity contribution in [1.82, 2.24) is 0 Å². The van der Waals surface area contributed by atoms with Crippen LogP contribution in [0.1, 0.15) is 78.1 Å². The summed E-state index contributed by atoms with van der Waals surface area (Å²) in [6.45, 7) is 3.94. The van der Waals surface area contributed by atoms with Crippen molar-refractivity contribution in [2.75, 3.05) is 0 Å². The summed E-state index contributed by atoms with van der Waals surface area (Å²) < 4.78 is 40.3. The number of rotatable bonds is 4. The Balaban J connectivity index is 1.89. The largest absolute Gasteiger partial charge is 0.397 e. The Labute approximate surface area is 133 Å². The van der Waals surface area contributed by atoms with Gasteiger partial charge in [0.15, 0.2) is 0 Å². The summed E-state index contributed by atoms with van der Waals surface area (Å²) in [6.07, 6.45) is 8.69. The second-order valence-electron chi connectivity index (χ2n) is 7.56. The lowest BCUT2D eigenvalue weighted by Gasteiger charge is -2.43. The standard InChI is InChI=1S/C19H31F3/c1-3-5-15-6-8-16(9-7-15)17-10-13-18(12-4-2,14-11-17)19(20,21)22/h4,12,15-17H,3,5-11,13-14H2,1-2H3/b12-4+. The van der Waals surface area contributed by atoms with Crippen LogP contribution in [-0.2, 0) is 0 Å². The Hall–Kier alpha value is -0.470. The predicted octanol–water partition coefficient (Wildman–Crippen LogP) is 6.91. The minimum atomic E-state index is -4.09. The predicted molar refractivity (Wildman–Crippen MR) is 85.6 cm³/mol. The highest BCUT2D eigenvalue weighted by Gasteiger charge is 2.54. The van der Waals surface area contributed by atoms with Gasteiger partial charge >= 0.3 is 6.18 Å². The van der Waals surface area contributed by atoms with E-state index in [2.05, 4.69) is 6.92 Å². The van der Waals surface area contributed by atoms with E-state index in [4.69, 9.17) is 0 Å². The fourth-order valence-electron chi connectivity index (χ4n) is 4.85. The van der Waals surface area contributed by atoms with E-state index >= 15 is 0 Å². The quantitative estimate of drug-likeness (QED) is 0.494. The van der Waals surface area contributed by atoms with Crippen LogP contribution in [0.5, 0.6) is 0 Å². The smallest absolute Gasteiger partial charge is 0.170 e. The molecule has 0 aliphatic heterocycles. The van der Waals surface area contributed by atoms with Crippen LogP contribution in [0.4, 0.5) is 13.2 Å². The van der Waals surface area contributed by atoms with Crippen molar-refractivity contribution in [1.29, 1.82) is 0 Å². The van der Waals surface area contributed by atoms with Crippen LogP contribution in [-0.4, -0.2) is 6.18 Å². The van der Waals surface area contributed by atoms with Gasteiger partial charge in [-0.1, -0.05) is 44.8 Å². The molecule has 0 amide bonds. The lowest BCUT2D eigenvalue weighted by Crippen LogP contribution is -2.41. The highest BCUT2D eigenvalue weighted by atomic mass is 19.4. The molecule has 3 heteroatoms. The minimum Gasteiger partial charge on any atom is -0.170 e. The van der Waals surface area contributed by atoms with Gasteiger partial charge in [0, 0.05) is 0 Å². The van der Waals surface area contributed by atoms with Crippen molar-refractivity contribution in [3.63, 3.8) is 0 Å². The molecule has 0 nitrogen and oxygen atoms in total. The van der Waals surface area contributed by atoms with Gasteiger partial charge in [-0.2, -0.15) is 13.2 Å². The van der Waals surface area contributed by atoms with Crippen LogP contribution in [0.2, 0.25) is 0 Å². The molecule has 2 fully saturated rings. The number of alkyl halides is 3. The normalized spacial score (nSPS) is 37.6. The van der Waals surface area contributed by atoms with Gasteiger partial charge in [-0.25, -0.2) is 0 Å². The molecule has 0 saturated heterocycles. The van der Waals surface area contributed by atoms with Crippen molar-refractivity contribution < 1.29 is 13.2 Å². The van der Waals surface area contributed by atoms with Crippen LogP contribution in [0.15, 0.2) is 12.2 Å². The zero-order valence-electron chi connectivity index (χ0n) is 14.1. The molecule has 0 unspecified atom stereocenters. The topological polar surface area (TPSA) is 0 Å². The molecule has 2 aliphatic carbocycles. The fourth-order valence-corrected chi connectivity index (χ4v) is 4.85. The monoisotopic (exact) mass is 316 g/mol. The van der Waals surface area contributed by atoms with E-state index < -0.39 is 11.6 Å². The zero-order valence-corrected chi connectivity index (χ0v) is 14.1. The number of allylic oxidation sites excluding steroid dienone is 2. The van der Waals surface area contributed by atoms with E-state index in [9.17, 15) is 13.2 Å². The van der Waals surface area contributed by atoms with Crippen molar-refractivity contribution in [2.45, 2.75) is 84.2 Å². The first kappa shape index (κ1) is 17.9. The Bertz CT molecular complexity index is 353. The lowest BCUT2D eigenvalue weighted by molar-refractivity contribution is -0.218. The molecule has 2 rings (SSSR count). The van der Waals surface area contributed by atoms with Gasteiger partial charge in [0.2, 0.25) is 0 Å². The molecule has 22 heavy (non-hydrogen) atoms. The molecule has 0 aromatic heterocycles. The van der Waals surface area contributed by atoms with Gasteiger partial charge < -0.3 is 0 Å². The van der Waals surface area contributed by atoms with E-state index in [1.165, 1.54) is 44.6 Å². The Morgan fingerprint density at radius 3 is 1.95 bits per heavy atom. The minimum absolute atomic E-state index is 0.292. The molecule has 0 bridgehead atoms. The second kappa shape index (κ2) is 7.40. The third-order valence-electron chi connectivity index (χ3n) is 6.23. The van der Waals surface area contributed by atoms with Gasteiger partial charge in [0.1, 0.15) is 0 Å². The number of hydrogen-bond donors (Lipinski definition) is 0. The maximum Gasteiger partial charge on any atom is 0.397 e. The number of halogens is 3. The molecule has 0 heterocycles. The molecule has 2 aliphatic rings. The summed E-state index contributed by atoms with van der Waals surface area (Å²) in [5.41, 5.74) is -1.54. The summed E-state index contributed by atoms with van der Waals surface area (Å²) in [7, 11) is 0. The zero-order chi connectivity index (χ0) is 16.2. The second-order valence-corrected chi connectivity index (χ2v) is 7.56. The molecule has 0 atom stereocenters. The Morgan fingerprint density at radius 2 is 1.50 bits per heavy atom. The van der Waals surface area contributed by atoms with E-state index in [1.807, 2.05) is 0 Å². The van der Waals surface area contributed by atoms with Crippen LogP contribution < -0.4 is 0 Å². The molecular formula is C19H31F3. The lowest BCUT2D eigenvalue weighted by atomic mass is 9.64. The SMILES string of the molecule is C/C=C/C1(C(F)(F)F)CCC(C2CCC(CCC)CC2)CC1. The van der Waals surface area contributed by atoms with E-state index in [0.29, 0.717) is 24.7 Å². The first-order chi connectivity index (χ1) is 10.4. The van der Waals surface area contributed by atoms with Crippen LogP contribution in [0.25, 0.3) is 0 Å². The summed E-state index contributed by atoms with van der Waals surface area (Å²) in [4.78, 5) is 0. The van der Waals surface area contributed by atoms with Gasteiger partial charge in [0.25, 0.3) is 0 Å². The Morgan fingerprint density at radius 1 is 0.955 bits per heavy atom. The summed E-state index contributed by atoms with van der Waals surface area (Å²) in [5.74, 6) is 2.09. The van der Waals surface area contributed by atoms with Crippen LogP contribution in [0, 0.1) is 23.2 Å². The third kappa shape index (κ3) is 3.89. The Kier molecular flexibility index (Phi) is 6.01. The molecule has 0 aromatic carbocycles. The third-order valence-corrected chi connectivity index (χ3v) is 6.23. The van der Waals surface area contributed by atoms with Gasteiger partial charge in [-0.3, -0.25) is 0 Å². The highest BCUT2D eigenvalue weighted by Crippen LogP contribution is 2.53. The van der Waals surface area contributed by atoms with Gasteiger partial charge in [-0.05, 0) is 63.2 Å². The maximum atomic E-state index is 13.4. The fraction of sp³-hybridized carbons (Fsp3) is 0.895. The van der Waals surface area contributed by atoms with Crippen molar-refractivity contribution in [3.8, 4) is 0 Å². The average molecular weight is 316 g/mol. The first-order valence-corrected chi connectivity index (χ1v) is 9.12. The van der Waals surface area contributed by atoms with E-state index in [1.54, 1.807) is 13.0 Å². The van der Waals surface area contributed by atoms with Crippen LogP contribution >= 0.6 is 0 Å². The molecule has 0 spiro atoms. The van der Waals surface area contributed by atoms with E-state index in [0.717, 1.165) is 18.8 Å². The van der Waals surface area contributed by atoms with Crippen molar-refractivity contribution in [3.05, 3.63) is 12.2 Å². The highest BCUT2D eigenvalue weighted by molar-refractivity contribution is 5.06. The molecule has 2 saturated carbocycles. The van der Waals surface area contributed by atoms with Crippen molar-refractivity contribution in [2.24, 2.45) is 23.2 Å². The summed E-state index contributed by atoms with van der Waals surface area (Å²) >= 11 is 0. The summed E-state index contributed by atoms with van der Waals surface area (Å²) in [5, 5.41) is 0. The maximum absolute atomic E-state index is 13.4. The number of hydrogen-bond acceptors (Lipinski definition) is 0. The average Bonchev–Trinajstić information content (AvgIpc) is 2.48. The van der Waals surface area contributed by atoms with Gasteiger partial charge in [-0.15, -0.1) is 0 Å². The van der Waals surface area contributed by atoms with Crippen molar-refractivity contribution >= 4 is 0 Å². The molecule has 0 N–H and O–H groups in total. The molecule has 0 aromatic rings. The van der Waals surface area contributed by atoms with Crippen LogP contribution in [0.3, 0.4) is 0 Å². The van der Waals surface area contributed by atoms with Gasteiger partial charge in [0.05, 0.1) is 5.41 Å². The van der Waals surface area contributed by atoms with E-state index in [-0.39, 0.29) is 0 Å². The molecular weight excluding hydrogens is 285 g/mol. The molecule has 0 radical (unpaired) electrons. The summed E-state index contributed by atoms with van der Waals surface area (Å²) in [6, 6.07) is 0. The molecule has 128 valence electrons. The first-order valence-electron chi connectivity index (χ1n) is 9.12.